The van der Waals surface area contributed by atoms with Crippen molar-refractivity contribution in [3.63, 3.8) is 0 Å². The fourth-order valence-corrected chi connectivity index (χ4v) is 3.75. The Morgan fingerprint density at radius 3 is 2.11 bits per heavy atom. The summed E-state index contributed by atoms with van der Waals surface area (Å²) in [5.74, 6) is -1.12. The Bertz CT molecular complexity index is 439. The van der Waals surface area contributed by atoms with Crippen molar-refractivity contribution in [1.82, 2.24) is 0 Å². The molecule has 5 heteroatoms. The van der Waals surface area contributed by atoms with E-state index in [0.29, 0.717) is 12.8 Å². The Labute approximate surface area is 106 Å². The van der Waals surface area contributed by atoms with Gasteiger partial charge in [0.1, 0.15) is 5.41 Å². The van der Waals surface area contributed by atoms with Crippen LogP contribution in [0.5, 0.6) is 0 Å². The molecule has 2 saturated carbocycles. The SMILES string of the molecule is COC(=O)[C@]12CC[C@](C(=O)OC)(C1)C(C)(C)C2=O. The van der Waals surface area contributed by atoms with Gasteiger partial charge in [-0.15, -0.1) is 0 Å². The zero-order chi connectivity index (χ0) is 13.8. The standard InChI is InChI=1S/C13H18O5/c1-11(2)8(14)12(9(15)17-3)5-6-13(11,7-12)10(16)18-4/h5-7H2,1-4H3/t12-,13-/m1/s1. The molecule has 0 amide bonds. The highest BCUT2D eigenvalue weighted by Gasteiger charge is 2.76. The van der Waals surface area contributed by atoms with Crippen LogP contribution in [-0.2, 0) is 23.9 Å². The van der Waals surface area contributed by atoms with E-state index in [2.05, 4.69) is 0 Å². The summed E-state index contributed by atoms with van der Waals surface area (Å²) in [6, 6.07) is 0. The molecule has 2 aliphatic carbocycles. The molecule has 2 fully saturated rings. The van der Waals surface area contributed by atoms with Crippen molar-refractivity contribution in [3.8, 4) is 0 Å². The zero-order valence-corrected chi connectivity index (χ0v) is 11.2. The van der Waals surface area contributed by atoms with Crippen LogP contribution >= 0.6 is 0 Å². The van der Waals surface area contributed by atoms with Crippen molar-refractivity contribution in [2.75, 3.05) is 14.2 Å². The first-order valence-electron chi connectivity index (χ1n) is 6.00. The first-order valence-corrected chi connectivity index (χ1v) is 6.00. The van der Waals surface area contributed by atoms with Gasteiger partial charge < -0.3 is 9.47 Å². The van der Waals surface area contributed by atoms with Gasteiger partial charge in [0, 0.05) is 5.41 Å². The molecule has 0 N–H and O–H groups in total. The van der Waals surface area contributed by atoms with E-state index in [-0.39, 0.29) is 12.2 Å². The van der Waals surface area contributed by atoms with E-state index in [0.717, 1.165) is 0 Å². The minimum atomic E-state index is -1.15. The second-order valence-corrected chi connectivity index (χ2v) is 5.78. The van der Waals surface area contributed by atoms with Crippen LogP contribution in [0, 0.1) is 16.2 Å². The number of carbonyl (C=O) groups excluding carboxylic acids is 3. The fourth-order valence-electron chi connectivity index (χ4n) is 3.75. The number of esters is 2. The van der Waals surface area contributed by atoms with E-state index < -0.39 is 28.2 Å². The Morgan fingerprint density at radius 2 is 1.61 bits per heavy atom. The number of methoxy groups -OCH3 is 2. The third kappa shape index (κ3) is 1.15. The number of ether oxygens (including phenoxy) is 2. The highest BCUT2D eigenvalue weighted by molar-refractivity contribution is 6.12. The average Bonchev–Trinajstić information content (AvgIpc) is 2.84. The summed E-state index contributed by atoms with van der Waals surface area (Å²) in [6.45, 7) is 3.44. The molecule has 0 aliphatic heterocycles. The predicted molar refractivity (Wildman–Crippen MR) is 61.5 cm³/mol. The number of hydrogen-bond donors (Lipinski definition) is 0. The Balaban J connectivity index is 2.54. The maximum atomic E-state index is 12.5. The van der Waals surface area contributed by atoms with Gasteiger partial charge in [0.15, 0.2) is 5.78 Å². The molecule has 2 bridgehead atoms. The molecule has 0 saturated heterocycles. The number of hydrogen-bond acceptors (Lipinski definition) is 5. The molecule has 0 radical (unpaired) electrons. The highest BCUT2D eigenvalue weighted by Crippen LogP contribution is 2.68. The summed E-state index contributed by atoms with van der Waals surface area (Å²) >= 11 is 0. The van der Waals surface area contributed by atoms with Crippen molar-refractivity contribution < 1.29 is 23.9 Å². The number of rotatable bonds is 2. The summed E-state index contributed by atoms with van der Waals surface area (Å²) in [5, 5.41) is 0. The van der Waals surface area contributed by atoms with Crippen LogP contribution < -0.4 is 0 Å². The van der Waals surface area contributed by atoms with Gasteiger partial charge in [-0.05, 0) is 19.3 Å². The molecule has 0 aromatic heterocycles. The van der Waals surface area contributed by atoms with E-state index >= 15 is 0 Å². The van der Waals surface area contributed by atoms with Crippen molar-refractivity contribution in [2.24, 2.45) is 16.2 Å². The van der Waals surface area contributed by atoms with E-state index in [1.165, 1.54) is 14.2 Å². The van der Waals surface area contributed by atoms with Gasteiger partial charge in [-0.3, -0.25) is 14.4 Å². The third-order valence-electron chi connectivity index (χ3n) is 4.93. The minimum absolute atomic E-state index is 0.196. The van der Waals surface area contributed by atoms with Crippen LogP contribution in [0.3, 0.4) is 0 Å². The van der Waals surface area contributed by atoms with Crippen LogP contribution in [0.2, 0.25) is 0 Å². The monoisotopic (exact) mass is 254 g/mol. The van der Waals surface area contributed by atoms with E-state index in [1.807, 2.05) is 0 Å². The first-order chi connectivity index (χ1) is 8.28. The smallest absolute Gasteiger partial charge is 0.319 e. The molecular formula is C13H18O5. The largest absolute Gasteiger partial charge is 0.469 e. The number of fused-ring (bicyclic) bond motifs is 2. The number of Topliss-reactive ketones (excluding diaryl/α,β-unsaturated/α-hetero) is 1. The second kappa shape index (κ2) is 3.56. The van der Waals surface area contributed by atoms with Gasteiger partial charge in [-0.25, -0.2) is 0 Å². The average molecular weight is 254 g/mol. The molecule has 5 nitrogen and oxygen atoms in total. The van der Waals surface area contributed by atoms with Gasteiger partial charge in [-0.1, -0.05) is 13.8 Å². The van der Waals surface area contributed by atoms with Gasteiger partial charge in [0.25, 0.3) is 0 Å². The predicted octanol–water partition coefficient (Wildman–Crippen LogP) is 1.10. The molecule has 2 aliphatic rings. The van der Waals surface area contributed by atoms with Crippen molar-refractivity contribution in [3.05, 3.63) is 0 Å². The lowest BCUT2D eigenvalue weighted by molar-refractivity contribution is -0.165. The topological polar surface area (TPSA) is 69.7 Å². The van der Waals surface area contributed by atoms with E-state index in [9.17, 15) is 14.4 Å². The van der Waals surface area contributed by atoms with E-state index in [1.54, 1.807) is 13.8 Å². The minimum Gasteiger partial charge on any atom is -0.469 e. The second-order valence-electron chi connectivity index (χ2n) is 5.78. The summed E-state index contributed by atoms with van der Waals surface area (Å²) in [5.41, 5.74) is -2.91. The number of ketones is 1. The maximum absolute atomic E-state index is 12.5. The molecule has 0 heterocycles. The Kier molecular flexibility index (Phi) is 2.58. The third-order valence-corrected chi connectivity index (χ3v) is 4.93. The number of carbonyl (C=O) groups is 3. The van der Waals surface area contributed by atoms with Crippen LogP contribution in [0.25, 0.3) is 0 Å². The van der Waals surface area contributed by atoms with Gasteiger partial charge in [0.05, 0.1) is 19.6 Å². The van der Waals surface area contributed by atoms with Gasteiger partial charge >= 0.3 is 11.9 Å². The van der Waals surface area contributed by atoms with Gasteiger partial charge in [0.2, 0.25) is 0 Å². The van der Waals surface area contributed by atoms with Crippen molar-refractivity contribution >= 4 is 17.7 Å². The Morgan fingerprint density at radius 1 is 1.06 bits per heavy atom. The highest BCUT2D eigenvalue weighted by atomic mass is 16.5. The molecule has 2 atom stereocenters. The van der Waals surface area contributed by atoms with Gasteiger partial charge in [-0.2, -0.15) is 0 Å². The lowest BCUT2D eigenvalue weighted by atomic mass is 9.63. The van der Waals surface area contributed by atoms with Crippen LogP contribution in [0.1, 0.15) is 33.1 Å². The van der Waals surface area contributed by atoms with Crippen LogP contribution in [0.4, 0.5) is 0 Å². The molecule has 2 rings (SSSR count). The summed E-state index contributed by atoms with van der Waals surface area (Å²) in [6.07, 6.45) is 1.08. The summed E-state index contributed by atoms with van der Waals surface area (Å²) in [7, 11) is 2.59. The normalized spacial score (nSPS) is 36.6. The fraction of sp³-hybridized carbons (Fsp3) is 0.769. The van der Waals surface area contributed by atoms with Crippen molar-refractivity contribution in [2.45, 2.75) is 33.1 Å². The lowest BCUT2D eigenvalue weighted by Gasteiger charge is -2.38. The molecule has 0 spiro atoms. The first kappa shape index (κ1) is 13.1. The van der Waals surface area contributed by atoms with Crippen LogP contribution in [-0.4, -0.2) is 31.9 Å². The molecule has 100 valence electrons. The molecule has 0 aromatic carbocycles. The Hall–Kier alpha value is -1.39. The lowest BCUT2D eigenvalue weighted by Crippen LogP contribution is -2.48. The maximum Gasteiger partial charge on any atom is 0.319 e. The summed E-state index contributed by atoms with van der Waals surface area (Å²) in [4.78, 5) is 36.6. The van der Waals surface area contributed by atoms with Crippen molar-refractivity contribution in [1.29, 1.82) is 0 Å². The quantitative estimate of drug-likeness (QED) is 0.545. The summed E-state index contributed by atoms with van der Waals surface area (Å²) < 4.78 is 9.62. The molecule has 0 aromatic rings. The molecular weight excluding hydrogens is 236 g/mol. The molecule has 18 heavy (non-hydrogen) atoms. The molecule has 0 unspecified atom stereocenters. The zero-order valence-electron chi connectivity index (χ0n) is 11.2. The van der Waals surface area contributed by atoms with E-state index in [4.69, 9.17) is 9.47 Å². The van der Waals surface area contributed by atoms with Crippen LogP contribution in [0.15, 0.2) is 0 Å².